The van der Waals surface area contributed by atoms with Crippen LogP contribution in [0.5, 0.6) is 0 Å². The van der Waals surface area contributed by atoms with Crippen LogP contribution in [0.4, 0.5) is 5.69 Å². The van der Waals surface area contributed by atoms with E-state index >= 15 is 0 Å². The van der Waals surface area contributed by atoms with E-state index in [4.69, 9.17) is 4.74 Å². The number of likely N-dealkylation sites (tertiary alicyclic amines) is 1. The number of amides is 2. The van der Waals surface area contributed by atoms with Gasteiger partial charge in [0, 0.05) is 37.1 Å². The van der Waals surface area contributed by atoms with Gasteiger partial charge in [0.15, 0.2) is 17.4 Å². The van der Waals surface area contributed by atoms with Crippen molar-refractivity contribution in [3.8, 4) is 10.8 Å². The third kappa shape index (κ3) is 5.58. The Morgan fingerprint density at radius 2 is 1.79 bits per heavy atom. The van der Waals surface area contributed by atoms with Crippen LogP contribution >= 0.6 is 11.3 Å². The number of thiazole rings is 1. The Hall–Kier alpha value is -3.66. The van der Waals surface area contributed by atoms with Crippen LogP contribution in [0.15, 0.2) is 48.8 Å². The zero-order valence-corrected chi connectivity index (χ0v) is 18.9. The first-order valence-corrected chi connectivity index (χ1v) is 11.4. The second-order valence-corrected chi connectivity index (χ2v) is 8.59. The molecule has 1 fully saturated rings. The highest BCUT2D eigenvalue weighted by molar-refractivity contribution is 7.16. The van der Waals surface area contributed by atoms with Crippen LogP contribution in [0.25, 0.3) is 10.8 Å². The standard InChI is InChI=1S/C23H23N5O4S/c1-15-19(33-22(26-15)20-24-10-5-11-25-20)23(31)32-14-18(29)28-12-8-16(9-13-28)21(30)27-17-6-3-2-4-7-17/h2-7,10-11,16H,8-9,12-14H2,1H3,(H,27,30). The van der Waals surface area contributed by atoms with Crippen LogP contribution in [0.2, 0.25) is 0 Å². The van der Waals surface area contributed by atoms with E-state index in [1.54, 1.807) is 30.3 Å². The van der Waals surface area contributed by atoms with Crippen molar-refractivity contribution in [2.45, 2.75) is 19.8 Å². The van der Waals surface area contributed by atoms with Gasteiger partial charge in [-0.2, -0.15) is 0 Å². The number of aromatic nitrogens is 3. The summed E-state index contributed by atoms with van der Waals surface area (Å²) in [4.78, 5) is 52.0. The van der Waals surface area contributed by atoms with Crippen LogP contribution in [-0.4, -0.2) is 57.3 Å². The number of benzene rings is 1. The number of rotatable bonds is 6. The molecule has 0 atom stereocenters. The second kappa shape index (κ2) is 10.3. The molecule has 4 rings (SSSR count). The lowest BCUT2D eigenvalue weighted by molar-refractivity contribution is -0.137. The Morgan fingerprint density at radius 1 is 1.09 bits per heavy atom. The molecule has 33 heavy (non-hydrogen) atoms. The highest BCUT2D eigenvalue weighted by Gasteiger charge is 2.28. The first-order chi connectivity index (χ1) is 16.0. The van der Waals surface area contributed by atoms with Gasteiger partial charge in [0.2, 0.25) is 5.91 Å². The SMILES string of the molecule is Cc1nc(-c2ncccn2)sc1C(=O)OCC(=O)N1CCC(C(=O)Nc2ccccc2)CC1. The number of hydrogen-bond donors (Lipinski definition) is 1. The molecule has 0 aliphatic carbocycles. The van der Waals surface area contributed by atoms with Crippen LogP contribution < -0.4 is 5.32 Å². The minimum absolute atomic E-state index is 0.0430. The molecule has 1 N–H and O–H groups in total. The van der Waals surface area contributed by atoms with Crippen LogP contribution in [0, 0.1) is 12.8 Å². The Labute approximate surface area is 194 Å². The lowest BCUT2D eigenvalue weighted by Crippen LogP contribution is -2.43. The maximum absolute atomic E-state index is 12.5. The lowest BCUT2D eigenvalue weighted by atomic mass is 9.95. The van der Waals surface area contributed by atoms with Gasteiger partial charge in [-0.1, -0.05) is 18.2 Å². The van der Waals surface area contributed by atoms with Gasteiger partial charge in [-0.25, -0.2) is 19.7 Å². The van der Waals surface area contributed by atoms with E-state index < -0.39 is 5.97 Å². The minimum atomic E-state index is -0.599. The first kappa shape index (κ1) is 22.5. The number of anilines is 1. The molecule has 0 spiro atoms. The molecule has 1 aliphatic rings. The Kier molecular flexibility index (Phi) is 7.04. The van der Waals surface area contributed by atoms with Gasteiger partial charge in [0.1, 0.15) is 4.88 Å². The van der Waals surface area contributed by atoms with E-state index in [1.165, 1.54) is 0 Å². The van der Waals surface area contributed by atoms with Crippen molar-refractivity contribution >= 4 is 34.8 Å². The molecule has 1 aliphatic heterocycles. The zero-order chi connectivity index (χ0) is 23.2. The predicted octanol–water partition coefficient (Wildman–Crippen LogP) is 2.94. The summed E-state index contributed by atoms with van der Waals surface area (Å²) in [5, 5.41) is 3.42. The molecule has 0 unspecified atom stereocenters. The van der Waals surface area contributed by atoms with Gasteiger partial charge in [0.05, 0.1) is 5.69 Å². The smallest absolute Gasteiger partial charge is 0.350 e. The number of piperidine rings is 1. The molecule has 2 amide bonds. The average molecular weight is 466 g/mol. The molecule has 3 heterocycles. The van der Waals surface area contributed by atoms with E-state index in [-0.39, 0.29) is 24.3 Å². The first-order valence-electron chi connectivity index (χ1n) is 10.6. The van der Waals surface area contributed by atoms with E-state index in [2.05, 4.69) is 20.3 Å². The number of aryl methyl sites for hydroxylation is 1. The number of carbonyl (C=O) groups excluding carboxylic acids is 3. The monoisotopic (exact) mass is 465 g/mol. The summed E-state index contributed by atoms with van der Waals surface area (Å²) in [6.07, 6.45) is 4.33. The van der Waals surface area contributed by atoms with E-state index in [9.17, 15) is 14.4 Å². The normalized spacial score (nSPS) is 14.0. The van der Waals surface area contributed by atoms with Crippen molar-refractivity contribution in [2.24, 2.45) is 5.92 Å². The molecular formula is C23H23N5O4S. The van der Waals surface area contributed by atoms with Crippen molar-refractivity contribution in [1.29, 1.82) is 0 Å². The molecule has 2 aromatic heterocycles. The van der Waals surface area contributed by atoms with Crippen molar-refractivity contribution in [3.63, 3.8) is 0 Å². The zero-order valence-electron chi connectivity index (χ0n) is 18.1. The fraction of sp³-hybridized carbons (Fsp3) is 0.304. The van der Waals surface area contributed by atoms with Crippen LogP contribution in [0.3, 0.4) is 0 Å². The Balaban J connectivity index is 1.25. The summed E-state index contributed by atoms with van der Waals surface area (Å²) < 4.78 is 5.25. The van der Waals surface area contributed by atoms with E-state index in [1.807, 2.05) is 30.3 Å². The molecule has 0 saturated carbocycles. The number of nitrogens with one attached hydrogen (secondary N) is 1. The number of hydrogen-bond acceptors (Lipinski definition) is 8. The summed E-state index contributed by atoms with van der Waals surface area (Å²) >= 11 is 1.13. The highest BCUT2D eigenvalue weighted by atomic mass is 32.1. The van der Waals surface area contributed by atoms with Gasteiger partial charge in [0.25, 0.3) is 5.91 Å². The molecule has 0 radical (unpaired) electrons. The summed E-state index contributed by atoms with van der Waals surface area (Å²) in [7, 11) is 0. The van der Waals surface area contributed by atoms with Crippen molar-refractivity contribution < 1.29 is 19.1 Å². The van der Waals surface area contributed by atoms with Crippen LogP contribution in [-0.2, 0) is 14.3 Å². The minimum Gasteiger partial charge on any atom is -0.451 e. The molecule has 9 nitrogen and oxygen atoms in total. The van der Waals surface area contributed by atoms with Crippen molar-refractivity contribution in [3.05, 3.63) is 59.4 Å². The van der Waals surface area contributed by atoms with Gasteiger partial charge < -0.3 is 15.0 Å². The number of esters is 1. The molecule has 1 aromatic carbocycles. The van der Waals surface area contributed by atoms with Gasteiger partial charge in [-0.05, 0) is 38.0 Å². The van der Waals surface area contributed by atoms with Gasteiger partial charge >= 0.3 is 5.97 Å². The number of carbonyl (C=O) groups is 3. The fourth-order valence-corrected chi connectivity index (χ4v) is 4.44. The molecule has 170 valence electrons. The molecular weight excluding hydrogens is 442 g/mol. The second-order valence-electron chi connectivity index (χ2n) is 7.59. The number of ether oxygens (including phenoxy) is 1. The van der Waals surface area contributed by atoms with Gasteiger partial charge in [-0.15, -0.1) is 11.3 Å². The Bertz CT molecular complexity index is 1130. The third-order valence-electron chi connectivity index (χ3n) is 5.33. The Morgan fingerprint density at radius 3 is 2.48 bits per heavy atom. The molecule has 1 saturated heterocycles. The number of nitrogens with zero attached hydrogens (tertiary/aromatic N) is 4. The number of para-hydroxylation sites is 1. The topological polar surface area (TPSA) is 114 Å². The van der Waals surface area contributed by atoms with Crippen LogP contribution in [0.1, 0.15) is 28.2 Å². The fourth-order valence-electron chi connectivity index (χ4n) is 3.53. The summed E-state index contributed by atoms with van der Waals surface area (Å²) in [6.45, 7) is 2.23. The van der Waals surface area contributed by atoms with Crippen molar-refractivity contribution in [1.82, 2.24) is 19.9 Å². The highest BCUT2D eigenvalue weighted by Crippen LogP contribution is 2.26. The summed E-state index contributed by atoms with van der Waals surface area (Å²) in [5.41, 5.74) is 1.26. The summed E-state index contributed by atoms with van der Waals surface area (Å²) in [6, 6.07) is 11.0. The maximum Gasteiger partial charge on any atom is 0.350 e. The predicted molar refractivity (Wildman–Crippen MR) is 123 cm³/mol. The summed E-state index contributed by atoms with van der Waals surface area (Å²) in [5.74, 6) is -0.648. The van der Waals surface area contributed by atoms with Gasteiger partial charge in [-0.3, -0.25) is 9.59 Å². The quantitative estimate of drug-likeness (QED) is 0.557. The molecule has 0 bridgehead atoms. The lowest BCUT2D eigenvalue weighted by Gasteiger charge is -2.31. The van der Waals surface area contributed by atoms with E-state index in [0.29, 0.717) is 47.3 Å². The average Bonchev–Trinajstić information content (AvgIpc) is 3.25. The largest absolute Gasteiger partial charge is 0.451 e. The van der Waals surface area contributed by atoms with Crippen molar-refractivity contribution in [2.75, 3.05) is 25.0 Å². The third-order valence-corrected chi connectivity index (χ3v) is 6.46. The maximum atomic E-state index is 12.5. The molecule has 10 heteroatoms. The molecule has 3 aromatic rings. The van der Waals surface area contributed by atoms with E-state index in [0.717, 1.165) is 17.0 Å².